The van der Waals surface area contributed by atoms with Gasteiger partial charge in [-0.2, -0.15) is 0 Å². The molecular formula is C14H23N3O2S. The van der Waals surface area contributed by atoms with Crippen molar-refractivity contribution in [3.8, 4) is 0 Å². The smallest absolute Gasteiger partial charge is 0.233 e. The predicted octanol–water partition coefficient (Wildman–Crippen LogP) is 1.97. The average Bonchev–Trinajstić information content (AvgIpc) is 3.02. The first kappa shape index (κ1) is 15.4. The maximum Gasteiger partial charge on any atom is 0.233 e. The molecule has 1 fully saturated rings. The van der Waals surface area contributed by atoms with E-state index in [1.807, 2.05) is 6.92 Å². The van der Waals surface area contributed by atoms with Crippen molar-refractivity contribution in [3.63, 3.8) is 0 Å². The van der Waals surface area contributed by atoms with Crippen molar-refractivity contribution < 1.29 is 9.53 Å². The van der Waals surface area contributed by atoms with Crippen molar-refractivity contribution in [1.82, 2.24) is 10.3 Å². The van der Waals surface area contributed by atoms with Crippen LogP contribution in [0.5, 0.6) is 0 Å². The highest BCUT2D eigenvalue weighted by Gasteiger charge is 2.34. The van der Waals surface area contributed by atoms with Crippen LogP contribution in [-0.4, -0.2) is 36.7 Å². The molecule has 2 atom stereocenters. The van der Waals surface area contributed by atoms with Crippen LogP contribution >= 0.6 is 11.3 Å². The van der Waals surface area contributed by atoms with E-state index in [0.29, 0.717) is 18.3 Å². The molecule has 20 heavy (non-hydrogen) atoms. The summed E-state index contributed by atoms with van der Waals surface area (Å²) >= 11 is 1.54. The van der Waals surface area contributed by atoms with Crippen LogP contribution in [0, 0.1) is 12.8 Å². The number of aryl methyl sites for hydroxylation is 2. The minimum Gasteiger partial charge on any atom is -0.379 e. The Balaban J connectivity index is 1.96. The summed E-state index contributed by atoms with van der Waals surface area (Å²) in [4.78, 5) is 18.0. The lowest BCUT2D eigenvalue weighted by Crippen LogP contribution is -2.41. The maximum absolute atomic E-state index is 12.3. The summed E-state index contributed by atoms with van der Waals surface area (Å²) in [5, 5.41) is 7.01. The van der Waals surface area contributed by atoms with Crippen molar-refractivity contribution in [2.24, 2.45) is 5.92 Å². The number of hydrogen-bond donors (Lipinski definition) is 2. The summed E-state index contributed by atoms with van der Waals surface area (Å²) < 4.78 is 5.44. The molecule has 5 nitrogen and oxygen atoms in total. The number of nitrogens with one attached hydrogen (secondary N) is 2. The van der Waals surface area contributed by atoms with Gasteiger partial charge >= 0.3 is 0 Å². The summed E-state index contributed by atoms with van der Waals surface area (Å²) in [6.07, 6.45) is 1.95. The molecule has 0 saturated carbocycles. The van der Waals surface area contributed by atoms with Crippen molar-refractivity contribution in [2.75, 3.05) is 25.1 Å². The number of anilines is 1. The first-order valence-electron chi connectivity index (χ1n) is 7.24. The lowest BCUT2D eigenvalue weighted by molar-refractivity contribution is -0.120. The van der Waals surface area contributed by atoms with Gasteiger partial charge in [0.05, 0.1) is 24.8 Å². The van der Waals surface area contributed by atoms with Crippen molar-refractivity contribution in [2.45, 2.75) is 39.7 Å². The molecule has 1 aliphatic heterocycles. The van der Waals surface area contributed by atoms with E-state index in [1.54, 1.807) is 11.3 Å². The number of rotatable bonds is 6. The minimum atomic E-state index is -0.129. The molecule has 1 amide bonds. The van der Waals surface area contributed by atoms with Crippen molar-refractivity contribution >= 4 is 22.4 Å². The van der Waals surface area contributed by atoms with Gasteiger partial charge in [-0.05, 0) is 26.3 Å². The largest absolute Gasteiger partial charge is 0.379 e. The van der Waals surface area contributed by atoms with Gasteiger partial charge in [0, 0.05) is 10.9 Å². The van der Waals surface area contributed by atoms with Crippen molar-refractivity contribution in [1.29, 1.82) is 0 Å². The Bertz CT molecular complexity index is 461. The topological polar surface area (TPSA) is 63.2 Å². The number of nitrogens with zero attached hydrogens (tertiary/aromatic N) is 1. The fourth-order valence-electron chi connectivity index (χ4n) is 2.35. The van der Waals surface area contributed by atoms with Gasteiger partial charge in [0.15, 0.2) is 5.13 Å². The van der Waals surface area contributed by atoms with E-state index in [4.69, 9.17) is 4.74 Å². The quantitative estimate of drug-likeness (QED) is 0.842. The van der Waals surface area contributed by atoms with Gasteiger partial charge in [0.25, 0.3) is 0 Å². The van der Waals surface area contributed by atoms with Gasteiger partial charge in [-0.25, -0.2) is 4.98 Å². The van der Waals surface area contributed by atoms with Crippen LogP contribution in [0.1, 0.15) is 30.8 Å². The normalized spacial score (nSPS) is 22.1. The van der Waals surface area contributed by atoms with Gasteiger partial charge in [-0.1, -0.05) is 13.8 Å². The monoisotopic (exact) mass is 297 g/mol. The van der Waals surface area contributed by atoms with Crippen LogP contribution in [0.3, 0.4) is 0 Å². The van der Waals surface area contributed by atoms with Crippen LogP contribution in [0.15, 0.2) is 0 Å². The lowest BCUT2D eigenvalue weighted by atomic mass is 10.0. The van der Waals surface area contributed by atoms with E-state index in [1.165, 1.54) is 4.88 Å². The SMILES string of the molecule is CCCNC1COCC1C(=O)Nc1nc(CC)c(C)s1. The Labute approximate surface area is 124 Å². The first-order valence-corrected chi connectivity index (χ1v) is 8.05. The standard InChI is InChI=1S/C14H23N3O2S/c1-4-6-15-12-8-19-7-10(12)13(18)17-14-16-11(5-2)9(3)20-14/h10,12,15H,4-8H2,1-3H3,(H,16,17,18). The molecule has 2 heterocycles. The Morgan fingerprint density at radius 3 is 2.90 bits per heavy atom. The Morgan fingerprint density at radius 2 is 2.25 bits per heavy atom. The summed E-state index contributed by atoms with van der Waals surface area (Å²) in [5.41, 5.74) is 1.06. The van der Waals surface area contributed by atoms with Crippen LogP contribution in [0.2, 0.25) is 0 Å². The zero-order chi connectivity index (χ0) is 14.5. The van der Waals surface area contributed by atoms with Gasteiger partial charge in [-0.15, -0.1) is 11.3 Å². The molecule has 1 aromatic heterocycles. The van der Waals surface area contributed by atoms with Crippen LogP contribution in [-0.2, 0) is 16.0 Å². The van der Waals surface area contributed by atoms with Crippen LogP contribution in [0.4, 0.5) is 5.13 Å². The molecule has 0 aliphatic carbocycles. The molecule has 0 radical (unpaired) electrons. The third-order valence-corrected chi connectivity index (χ3v) is 4.46. The second-order valence-electron chi connectivity index (χ2n) is 5.07. The van der Waals surface area contributed by atoms with Crippen LogP contribution < -0.4 is 10.6 Å². The molecule has 0 spiro atoms. The molecule has 2 rings (SSSR count). The van der Waals surface area contributed by atoms with Gasteiger partial charge in [0.1, 0.15) is 0 Å². The number of aromatic nitrogens is 1. The lowest BCUT2D eigenvalue weighted by Gasteiger charge is -2.17. The van der Waals surface area contributed by atoms with E-state index in [-0.39, 0.29) is 17.9 Å². The summed E-state index contributed by atoms with van der Waals surface area (Å²) in [7, 11) is 0. The molecule has 6 heteroatoms. The van der Waals surface area contributed by atoms with E-state index in [0.717, 1.165) is 25.1 Å². The fraction of sp³-hybridized carbons (Fsp3) is 0.714. The fourth-order valence-corrected chi connectivity index (χ4v) is 3.26. The average molecular weight is 297 g/mol. The number of carbonyl (C=O) groups is 1. The molecule has 0 aromatic carbocycles. The molecule has 112 valence electrons. The number of amides is 1. The number of carbonyl (C=O) groups excluding carboxylic acids is 1. The highest BCUT2D eigenvalue weighted by atomic mass is 32.1. The highest BCUT2D eigenvalue weighted by Crippen LogP contribution is 2.24. The highest BCUT2D eigenvalue weighted by molar-refractivity contribution is 7.15. The zero-order valence-electron chi connectivity index (χ0n) is 12.4. The third-order valence-electron chi connectivity index (χ3n) is 3.53. The summed E-state index contributed by atoms with van der Waals surface area (Å²) in [5.74, 6) is -0.122. The molecule has 2 unspecified atom stereocenters. The number of thiazole rings is 1. The van der Waals surface area contributed by atoms with E-state index < -0.39 is 0 Å². The summed E-state index contributed by atoms with van der Waals surface area (Å²) in [6.45, 7) is 8.23. The Hall–Kier alpha value is -0.980. The minimum absolute atomic E-state index is 0.00695. The first-order chi connectivity index (χ1) is 9.65. The second kappa shape index (κ2) is 7.15. The second-order valence-corrected chi connectivity index (χ2v) is 6.27. The van der Waals surface area contributed by atoms with Gasteiger partial charge in [-0.3, -0.25) is 4.79 Å². The number of ether oxygens (including phenoxy) is 1. The molecule has 0 bridgehead atoms. The molecule has 2 N–H and O–H groups in total. The zero-order valence-corrected chi connectivity index (χ0v) is 13.2. The molecular weight excluding hydrogens is 274 g/mol. The van der Waals surface area contributed by atoms with E-state index in [9.17, 15) is 4.79 Å². The Morgan fingerprint density at radius 1 is 1.45 bits per heavy atom. The Kier molecular flexibility index (Phi) is 5.51. The maximum atomic E-state index is 12.3. The van der Waals surface area contributed by atoms with Crippen molar-refractivity contribution in [3.05, 3.63) is 10.6 Å². The predicted molar refractivity (Wildman–Crippen MR) is 81.2 cm³/mol. The molecule has 1 saturated heterocycles. The van der Waals surface area contributed by atoms with Gasteiger partial charge in [0.2, 0.25) is 5.91 Å². The third kappa shape index (κ3) is 3.56. The number of hydrogen-bond acceptors (Lipinski definition) is 5. The molecule has 1 aromatic rings. The van der Waals surface area contributed by atoms with Gasteiger partial charge < -0.3 is 15.4 Å². The molecule has 1 aliphatic rings. The van der Waals surface area contributed by atoms with Crippen LogP contribution in [0.25, 0.3) is 0 Å². The van der Waals surface area contributed by atoms with E-state index in [2.05, 4.69) is 29.5 Å². The van der Waals surface area contributed by atoms with E-state index >= 15 is 0 Å². The summed E-state index contributed by atoms with van der Waals surface area (Å²) in [6, 6.07) is 0.113.